The highest BCUT2D eigenvalue weighted by molar-refractivity contribution is 8.18. The van der Waals surface area contributed by atoms with Gasteiger partial charge in [0.2, 0.25) is 0 Å². The molecule has 0 aromatic heterocycles. The van der Waals surface area contributed by atoms with Crippen LogP contribution in [0, 0.1) is 0 Å². The molecule has 1 aliphatic heterocycles. The lowest BCUT2D eigenvalue weighted by Gasteiger charge is -2.07. The number of nitrogens with one attached hydrogen (secondary N) is 1. The smallest absolute Gasteiger partial charge is 0.307 e. The van der Waals surface area contributed by atoms with Crippen molar-refractivity contribution < 1.29 is 24.2 Å². The molecule has 1 saturated heterocycles. The van der Waals surface area contributed by atoms with Crippen molar-refractivity contribution in [2.24, 2.45) is 0 Å². The van der Waals surface area contributed by atoms with E-state index >= 15 is 0 Å². The van der Waals surface area contributed by atoms with Gasteiger partial charge in [0.15, 0.2) is 0 Å². The van der Waals surface area contributed by atoms with Gasteiger partial charge in [-0.05, 0) is 35.5 Å². The molecule has 0 radical (unpaired) electrons. The molecule has 2 N–H and O–H groups in total. The van der Waals surface area contributed by atoms with Crippen LogP contribution < -0.4 is 10.1 Å². The average Bonchev–Trinajstić information content (AvgIpc) is 2.67. The van der Waals surface area contributed by atoms with Crippen LogP contribution in [-0.2, 0) is 16.0 Å². The Morgan fingerprint density at radius 1 is 1.45 bits per heavy atom. The van der Waals surface area contributed by atoms with Crippen LogP contribution in [0.5, 0.6) is 5.75 Å². The zero-order valence-corrected chi connectivity index (χ0v) is 11.3. The SMILES string of the molecule is COc1ccc(/C=C2/SC(=O)NC2=O)cc1CC(=O)O. The van der Waals surface area contributed by atoms with Crippen molar-refractivity contribution in [3.8, 4) is 5.75 Å². The van der Waals surface area contributed by atoms with Gasteiger partial charge in [-0.2, -0.15) is 0 Å². The third-order valence-corrected chi connectivity index (χ3v) is 3.40. The first-order valence-electron chi connectivity index (χ1n) is 5.63. The van der Waals surface area contributed by atoms with Crippen LogP contribution in [0.4, 0.5) is 4.79 Å². The Kier molecular flexibility index (Phi) is 4.09. The minimum atomic E-state index is -0.976. The van der Waals surface area contributed by atoms with Gasteiger partial charge >= 0.3 is 5.97 Å². The molecule has 0 spiro atoms. The summed E-state index contributed by atoms with van der Waals surface area (Å²) < 4.78 is 5.09. The molecule has 1 aliphatic rings. The minimum absolute atomic E-state index is 0.182. The first-order valence-corrected chi connectivity index (χ1v) is 6.45. The fraction of sp³-hybridized carbons (Fsp3) is 0.154. The molecule has 0 unspecified atom stereocenters. The van der Waals surface area contributed by atoms with Crippen LogP contribution in [0.1, 0.15) is 11.1 Å². The number of rotatable bonds is 4. The molecular formula is C13H11NO5S. The number of ether oxygens (including phenoxy) is 1. The molecule has 104 valence electrons. The molecule has 20 heavy (non-hydrogen) atoms. The van der Waals surface area contributed by atoms with Gasteiger partial charge in [-0.1, -0.05) is 6.07 Å². The lowest BCUT2D eigenvalue weighted by atomic mass is 10.1. The number of carbonyl (C=O) groups excluding carboxylic acids is 2. The summed E-state index contributed by atoms with van der Waals surface area (Å²) in [5.74, 6) is -0.957. The van der Waals surface area contributed by atoms with Gasteiger partial charge in [-0.15, -0.1) is 0 Å². The number of hydrogen-bond acceptors (Lipinski definition) is 5. The second kappa shape index (κ2) is 5.79. The van der Waals surface area contributed by atoms with E-state index in [0.717, 1.165) is 11.8 Å². The molecular weight excluding hydrogens is 282 g/mol. The van der Waals surface area contributed by atoms with E-state index in [9.17, 15) is 14.4 Å². The quantitative estimate of drug-likeness (QED) is 0.820. The fourth-order valence-corrected chi connectivity index (χ4v) is 2.44. The summed E-state index contributed by atoms with van der Waals surface area (Å²) in [6, 6.07) is 4.94. The van der Waals surface area contributed by atoms with Gasteiger partial charge in [0.05, 0.1) is 18.4 Å². The molecule has 7 heteroatoms. The first-order chi connectivity index (χ1) is 9.49. The maximum absolute atomic E-state index is 11.4. The number of thioether (sulfide) groups is 1. The normalized spacial score (nSPS) is 16.4. The predicted octanol–water partition coefficient (Wildman–Crippen LogP) is 1.65. The van der Waals surface area contributed by atoms with E-state index in [2.05, 4.69) is 5.32 Å². The molecule has 1 heterocycles. The number of imide groups is 1. The van der Waals surface area contributed by atoms with Crippen LogP contribution in [0.2, 0.25) is 0 Å². The molecule has 1 aromatic rings. The summed E-state index contributed by atoms with van der Waals surface area (Å²) in [6.45, 7) is 0. The van der Waals surface area contributed by atoms with Gasteiger partial charge < -0.3 is 9.84 Å². The zero-order valence-electron chi connectivity index (χ0n) is 10.5. The number of methoxy groups -OCH3 is 1. The highest BCUT2D eigenvalue weighted by Crippen LogP contribution is 2.27. The number of carboxylic acid groups (broad SMARTS) is 1. The van der Waals surface area contributed by atoms with E-state index in [-0.39, 0.29) is 11.3 Å². The van der Waals surface area contributed by atoms with Crippen molar-refractivity contribution in [1.29, 1.82) is 0 Å². The van der Waals surface area contributed by atoms with Gasteiger partial charge in [0.25, 0.3) is 11.1 Å². The molecule has 1 fully saturated rings. The second-order valence-electron chi connectivity index (χ2n) is 3.99. The largest absolute Gasteiger partial charge is 0.496 e. The molecule has 0 bridgehead atoms. The molecule has 0 atom stereocenters. The Labute approximate surface area is 118 Å². The van der Waals surface area contributed by atoms with E-state index in [4.69, 9.17) is 9.84 Å². The predicted molar refractivity (Wildman–Crippen MR) is 73.4 cm³/mol. The van der Waals surface area contributed by atoms with Gasteiger partial charge in [-0.25, -0.2) is 0 Å². The van der Waals surface area contributed by atoms with Gasteiger partial charge in [0, 0.05) is 5.56 Å². The van der Waals surface area contributed by atoms with Crippen molar-refractivity contribution in [2.75, 3.05) is 7.11 Å². The summed E-state index contributed by atoms with van der Waals surface area (Å²) >= 11 is 0.812. The number of hydrogen-bond donors (Lipinski definition) is 2. The average molecular weight is 293 g/mol. The molecule has 6 nitrogen and oxygen atoms in total. The molecule has 0 aliphatic carbocycles. The number of carboxylic acids is 1. The van der Waals surface area contributed by atoms with E-state index in [1.54, 1.807) is 18.2 Å². The molecule has 2 amide bonds. The summed E-state index contributed by atoms with van der Waals surface area (Å²) in [7, 11) is 1.46. The molecule has 0 saturated carbocycles. The Morgan fingerprint density at radius 3 is 2.75 bits per heavy atom. The van der Waals surface area contributed by atoms with Crippen molar-refractivity contribution >= 4 is 35.0 Å². The summed E-state index contributed by atoms with van der Waals surface area (Å²) in [6.07, 6.45) is 1.36. The fourth-order valence-electron chi connectivity index (χ4n) is 1.76. The molecule has 1 aromatic carbocycles. The summed E-state index contributed by atoms with van der Waals surface area (Å²) in [5, 5.41) is 10.6. The highest BCUT2D eigenvalue weighted by Gasteiger charge is 2.25. The van der Waals surface area contributed by atoms with E-state index in [1.165, 1.54) is 13.2 Å². The first kappa shape index (κ1) is 14.1. The second-order valence-corrected chi connectivity index (χ2v) is 5.01. The Morgan fingerprint density at radius 2 is 2.20 bits per heavy atom. The van der Waals surface area contributed by atoms with Crippen LogP contribution in [0.25, 0.3) is 6.08 Å². The topological polar surface area (TPSA) is 92.7 Å². The third kappa shape index (κ3) is 3.18. The van der Waals surface area contributed by atoms with E-state index in [0.29, 0.717) is 16.9 Å². The van der Waals surface area contributed by atoms with Gasteiger partial charge in [-0.3, -0.25) is 19.7 Å². The Balaban J connectivity index is 2.33. The van der Waals surface area contributed by atoms with E-state index < -0.39 is 17.1 Å². The van der Waals surface area contributed by atoms with E-state index in [1.807, 2.05) is 0 Å². The van der Waals surface area contributed by atoms with Crippen molar-refractivity contribution in [1.82, 2.24) is 5.32 Å². The number of aliphatic carboxylic acids is 1. The Hall–Kier alpha value is -2.28. The number of amides is 2. The maximum Gasteiger partial charge on any atom is 0.307 e. The lowest BCUT2D eigenvalue weighted by molar-refractivity contribution is -0.136. The number of carbonyl (C=O) groups is 3. The third-order valence-electron chi connectivity index (χ3n) is 2.59. The van der Waals surface area contributed by atoms with Crippen LogP contribution in [-0.4, -0.2) is 29.3 Å². The summed E-state index contributed by atoms with van der Waals surface area (Å²) in [4.78, 5) is 33.6. The van der Waals surface area contributed by atoms with Crippen molar-refractivity contribution in [3.05, 3.63) is 34.2 Å². The van der Waals surface area contributed by atoms with Crippen LogP contribution in [0.3, 0.4) is 0 Å². The van der Waals surface area contributed by atoms with Crippen molar-refractivity contribution in [3.63, 3.8) is 0 Å². The Bertz CT molecular complexity index is 623. The lowest BCUT2D eigenvalue weighted by Crippen LogP contribution is -2.17. The van der Waals surface area contributed by atoms with Crippen LogP contribution >= 0.6 is 11.8 Å². The number of benzene rings is 1. The van der Waals surface area contributed by atoms with Crippen LogP contribution in [0.15, 0.2) is 23.1 Å². The zero-order chi connectivity index (χ0) is 14.7. The minimum Gasteiger partial charge on any atom is -0.496 e. The maximum atomic E-state index is 11.4. The monoisotopic (exact) mass is 293 g/mol. The highest BCUT2D eigenvalue weighted by atomic mass is 32.2. The molecule has 2 rings (SSSR count). The standard InChI is InChI=1S/C13H11NO5S/c1-19-9-3-2-7(4-8(9)6-11(15)16)5-10-12(17)14-13(18)20-10/h2-5H,6H2,1H3,(H,15,16)(H,14,17,18)/b10-5+. The summed E-state index contributed by atoms with van der Waals surface area (Å²) in [5.41, 5.74) is 1.14. The van der Waals surface area contributed by atoms with Gasteiger partial charge in [0.1, 0.15) is 5.75 Å². The van der Waals surface area contributed by atoms with Crippen molar-refractivity contribution in [2.45, 2.75) is 6.42 Å².